The van der Waals surface area contributed by atoms with Crippen molar-refractivity contribution in [1.82, 2.24) is 25.0 Å². The zero-order valence-corrected chi connectivity index (χ0v) is 18.8. The summed E-state index contributed by atoms with van der Waals surface area (Å²) in [5.41, 5.74) is 3.41. The molecule has 0 spiro atoms. The van der Waals surface area contributed by atoms with Crippen LogP contribution in [0.2, 0.25) is 0 Å². The summed E-state index contributed by atoms with van der Waals surface area (Å²) >= 11 is 0. The number of hydrogen-bond acceptors (Lipinski definition) is 4. The monoisotopic (exact) mass is 484 g/mol. The summed E-state index contributed by atoms with van der Waals surface area (Å²) in [7, 11) is 1.97. The fourth-order valence-corrected chi connectivity index (χ4v) is 3.23. The number of ether oxygens (including phenoxy) is 1. The van der Waals surface area contributed by atoms with Crippen LogP contribution in [0.4, 0.5) is 0 Å². The topological polar surface area (TPSA) is 67.6 Å². The molecular weight excluding hydrogens is 455 g/mol. The highest BCUT2D eigenvalue weighted by Crippen LogP contribution is 2.17. The van der Waals surface area contributed by atoms with E-state index in [-0.39, 0.29) is 30.1 Å². The second-order valence-electron chi connectivity index (χ2n) is 6.59. The number of aromatic nitrogens is 3. The van der Waals surface area contributed by atoms with Crippen LogP contribution < -0.4 is 10.1 Å². The number of aryl methyl sites for hydroxylation is 2. The predicted octanol–water partition coefficient (Wildman–Crippen LogP) is 2.67. The van der Waals surface area contributed by atoms with Crippen molar-refractivity contribution in [2.45, 2.75) is 39.8 Å². The highest BCUT2D eigenvalue weighted by molar-refractivity contribution is 14.0. The third kappa shape index (κ3) is 5.33. The number of pyridine rings is 1. The smallest absolute Gasteiger partial charge is 0.213 e. The van der Waals surface area contributed by atoms with Crippen molar-refractivity contribution >= 4 is 29.9 Å². The van der Waals surface area contributed by atoms with Crippen LogP contribution in [0.3, 0.4) is 0 Å². The van der Waals surface area contributed by atoms with Crippen molar-refractivity contribution in [3.63, 3.8) is 0 Å². The molecule has 0 radical (unpaired) electrons. The lowest BCUT2D eigenvalue weighted by Gasteiger charge is -2.21. The van der Waals surface area contributed by atoms with Gasteiger partial charge >= 0.3 is 0 Å². The molecule has 1 unspecified atom stereocenters. The summed E-state index contributed by atoms with van der Waals surface area (Å²) in [6, 6.07) is 5.74. The largest absolute Gasteiger partial charge is 0.472 e. The summed E-state index contributed by atoms with van der Waals surface area (Å²) < 4.78 is 7.91. The molecule has 2 aromatic rings. The van der Waals surface area contributed by atoms with Gasteiger partial charge in [0.1, 0.15) is 6.10 Å². The minimum Gasteiger partial charge on any atom is -0.472 e. The zero-order valence-electron chi connectivity index (χ0n) is 16.5. The molecule has 0 saturated carbocycles. The van der Waals surface area contributed by atoms with Gasteiger partial charge in [0.2, 0.25) is 5.88 Å². The molecule has 0 aliphatic carbocycles. The van der Waals surface area contributed by atoms with Gasteiger partial charge in [-0.05, 0) is 26.8 Å². The number of nitrogens with one attached hydrogen (secondary N) is 1. The normalized spacial score (nSPS) is 17.0. The molecule has 1 saturated heterocycles. The standard InChI is InChI=1S/C19H28N6O.HI/c1-5-20-19(22-12-17-14(2)23-24(4)15(17)3)25-11-9-16(13-25)26-18-8-6-7-10-21-18;/h6-8,10,16H,5,9,11-13H2,1-4H3,(H,20,22);1H. The molecule has 2 aromatic heterocycles. The molecule has 3 rings (SSSR count). The minimum absolute atomic E-state index is 0. The first-order chi connectivity index (χ1) is 12.6. The minimum atomic E-state index is 0. The van der Waals surface area contributed by atoms with Crippen LogP contribution in [0.5, 0.6) is 5.88 Å². The number of guanidine groups is 1. The van der Waals surface area contributed by atoms with Gasteiger partial charge in [-0.3, -0.25) is 4.68 Å². The van der Waals surface area contributed by atoms with Gasteiger partial charge in [-0.1, -0.05) is 6.07 Å². The van der Waals surface area contributed by atoms with E-state index >= 15 is 0 Å². The molecular formula is C19H29IN6O. The average Bonchev–Trinajstić information content (AvgIpc) is 3.18. The first kappa shape index (κ1) is 21.5. The molecule has 0 aromatic carbocycles. The van der Waals surface area contributed by atoms with E-state index in [2.05, 4.69) is 34.1 Å². The van der Waals surface area contributed by atoms with Crippen LogP contribution in [0, 0.1) is 13.8 Å². The van der Waals surface area contributed by atoms with Gasteiger partial charge in [-0.2, -0.15) is 5.10 Å². The quantitative estimate of drug-likeness (QED) is 0.402. The van der Waals surface area contributed by atoms with Gasteiger partial charge in [-0.25, -0.2) is 9.98 Å². The van der Waals surface area contributed by atoms with Gasteiger partial charge in [0, 0.05) is 50.1 Å². The fraction of sp³-hybridized carbons (Fsp3) is 0.526. The van der Waals surface area contributed by atoms with Gasteiger partial charge < -0.3 is 15.0 Å². The van der Waals surface area contributed by atoms with E-state index in [9.17, 15) is 0 Å². The number of halogens is 1. The molecule has 1 fully saturated rings. The Hall–Kier alpha value is -1.84. The van der Waals surface area contributed by atoms with Crippen LogP contribution >= 0.6 is 24.0 Å². The van der Waals surface area contributed by atoms with Crippen LogP contribution in [0.1, 0.15) is 30.3 Å². The maximum atomic E-state index is 5.99. The molecule has 0 amide bonds. The number of aliphatic imine (C=N–C) groups is 1. The Labute approximate surface area is 178 Å². The second kappa shape index (κ2) is 9.91. The summed E-state index contributed by atoms with van der Waals surface area (Å²) in [6.07, 6.45) is 2.86. The van der Waals surface area contributed by atoms with Crippen LogP contribution in [-0.2, 0) is 13.6 Å². The van der Waals surface area contributed by atoms with E-state index in [1.807, 2.05) is 36.9 Å². The van der Waals surface area contributed by atoms with Gasteiger partial charge in [0.15, 0.2) is 5.96 Å². The molecule has 7 nitrogen and oxygen atoms in total. The molecule has 0 bridgehead atoms. The number of likely N-dealkylation sites (tertiary alicyclic amines) is 1. The van der Waals surface area contributed by atoms with Crippen molar-refractivity contribution in [3.05, 3.63) is 41.3 Å². The van der Waals surface area contributed by atoms with E-state index in [1.54, 1.807) is 6.20 Å². The molecule has 148 valence electrons. The van der Waals surface area contributed by atoms with Crippen molar-refractivity contribution in [3.8, 4) is 5.88 Å². The van der Waals surface area contributed by atoms with Gasteiger partial charge in [0.25, 0.3) is 0 Å². The molecule has 27 heavy (non-hydrogen) atoms. The Morgan fingerprint density at radius 2 is 2.19 bits per heavy atom. The third-order valence-electron chi connectivity index (χ3n) is 4.75. The summed E-state index contributed by atoms with van der Waals surface area (Å²) in [5, 5.41) is 7.88. The second-order valence-corrected chi connectivity index (χ2v) is 6.59. The molecule has 8 heteroatoms. The lowest BCUT2D eigenvalue weighted by Crippen LogP contribution is -2.41. The SMILES string of the molecule is CCNC(=NCc1c(C)nn(C)c1C)N1CCC(Oc2ccccn2)C1.I. The molecule has 1 atom stereocenters. The Morgan fingerprint density at radius 1 is 1.37 bits per heavy atom. The Kier molecular flexibility index (Phi) is 7.88. The van der Waals surface area contributed by atoms with Crippen LogP contribution in [0.25, 0.3) is 0 Å². The average molecular weight is 484 g/mol. The van der Waals surface area contributed by atoms with E-state index in [0.29, 0.717) is 12.4 Å². The zero-order chi connectivity index (χ0) is 18.5. The highest BCUT2D eigenvalue weighted by Gasteiger charge is 2.26. The lowest BCUT2D eigenvalue weighted by atomic mass is 10.2. The molecule has 1 aliphatic heterocycles. The lowest BCUT2D eigenvalue weighted by molar-refractivity contribution is 0.205. The van der Waals surface area contributed by atoms with E-state index < -0.39 is 0 Å². The third-order valence-corrected chi connectivity index (χ3v) is 4.75. The fourth-order valence-electron chi connectivity index (χ4n) is 3.23. The van der Waals surface area contributed by atoms with Gasteiger partial charge in [0.05, 0.1) is 18.8 Å². The van der Waals surface area contributed by atoms with Crippen molar-refractivity contribution in [1.29, 1.82) is 0 Å². The summed E-state index contributed by atoms with van der Waals surface area (Å²) in [4.78, 5) is 11.4. The highest BCUT2D eigenvalue weighted by atomic mass is 127. The Morgan fingerprint density at radius 3 is 2.81 bits per heavy atom. The predicted molar refractivity (Wildman–Crippen MR) is 118 cm³/mol. The van der Waals surface area contributed by atoms with E-state index in [0.717, 1.165) is 37.7 Å². The van der Waals surface area contributed by atoms with E-state index in [1.165, 1.54) is 11.3 Å². The summed E-state index contributed by atoms with van der Waals surface area (Å²) in [5.74, 6) is 1.62. The molecule has 3 heterocycles. The Bertz CT molecular complexity index is 761. The maximum Gasteiger partial charge on any atom is 0.213 e. The first-order valence-electron chi connectivity index (χ1n) is 9.18. The molecule has 1 aliphatic rings. The Balaban J connectivity index is 0.00000261. The van der Waals surface area contributed by atoms with E-state index in [4.69, 9.17) is 9.73 Å². The van der Waals surface area contributed by atoms with Gasteiger partial charge in [-0.15, -0.1) is 24.0 Å². The first-order valence-corrected chi connectivity index (χ1v) is 9.18. The van der Waals surface area contributed by atoms with Crippen LogP contribution in [0.15, 0.2) is 29.4 Å². The molecule has 1 N–H and O–H groups in total. The van der Waals surface area contributed by atoms with Crippen molar-refractivity contribution < 1.29 is 4.74 Å². The van der Waals surface area contributed by atoms with Crippen LogP contribution in [-0.4, -0.2) is 51.4 Å². The number of hydrogen-bond donors (Lipinski definition) is 1. The van der Waals surface area contributed by atoms with Crippen molar-refractivity contribution in [2.75, 3.05) is 19.6 Å². The number of rotatable bonds is 5. The van der Waals surface area contributed by atoms with Crippen molar-refractivity contribution in [2.24, 2.45) is 12.0 Å². The number of nitrogens with zero attached hydrogens (tertiary/aromatic N) is 5. The summed E-state index contributed by atoms with van der Waals surface area (Å²) in [6.45, 7) is 9.43. The maximum absolute atomic E-state index is 5.99.